The van der Waals surface area contributed by atoms with Crippen molar-refractivity contribution < 1.29 is 19.1 Å². The second-order valence-corrected chi connectivity index (χ2v) is 8.56. The molecule has 1 fully saturated rings. The number of ether oxygens (including phenoxy) is 2. The number of anilines is 1. The largest absolute Gasteiger partial charge is 0.448 e. The molecule has 2 aromatic carbocycles. The van der Waals surface area contributed by atoms with Gasteiger partial charge < -0.3 is 14.8 Å². The highest BCUT2D eigenvalue weighted by atomic mass is 16.7. The SMILES string of the molecule is O=C(CCC(=O)N1CCC(c2ccccc2)=N1)Nc1ccc2c(c1)OC1(CCCCC1)O2. The topological polar surface area (TPSA) is 80.2 Å². The lowest BCUT2D eigenvalue weighted by atomic mass is 9.94. The standard InChI is InChI=1S/C25H27N3O4/c29-23(11-12-24(30)28-16-13-20(27-28)18-7-3-1-4-8-18)26-19-9-10-21-22(17-19)32-25(31-21)14-5-2-6-15-25/h1,3-4,7-10,17H,2,5-6,11-16H2,(H,26,29). The molecular formula is C25H27N3O4. The van der Waals surface area contributed by atoms with Gasteiger partial charge in [0.25, 0.3) is 5.79 Å². The van der Waals surface area contributed by atoms with Crippen molar-refractivity contribution in [2.24, 2.45) is 5.10 Å². The number of hydrogen-bond acceptors (Lipinski definition) is 5. The van der Waals surface area contributed by atoms with Gasteiger partial charge in [-0.3, -0.25) is 9.59 Å². The van der Waals surface area contributed by atoms with E-state index >= 15 is 0 Å². The summed E-state index contributed by atoms with van der Waals surface area (Å²) in [5.41, 5.74) is 2.57. The number of nitrogens with zero attached hydrogens (tertiary/aromatic N) is 2. The normalized spacial score (nSPS) is 18.5. The Morgan fingerprint density at radius 2 is 1.75 bits per heavy atom. The van der Waals surface area contributed by atoms with Crippen LogP contribution in [0.5, 0.6) is 11.5 Å². The first kappa shape index (κ1) is 20.5. The first-order chi connectivity index (χ1) is 15.6. The molecule has 0 bridgehead atoms. The van der Waals surface area contributed by atoms with Crippen molar-refractivity contribution in [3.63, 3.8) is 0 Å². The minimum absolute atomic E-state index is 0.101. The number of benzene rings is 2. The van der Waals surface area contributed by atoms with Gasteiger partial charge in [-0.1, -0.05) is 36.8 Å². The average Bonchev–Trinajstić information content (AvgIpc) is 3.43. The summed E-state index contributed by atoms with van der Waals surface area (Å²) >= 11 is 0. The lowest BCUT2D eigenvalue weighted by Crippen LogP contribution is -2.40. The van der Waals surface area contributed by atoms with E-state index in [4.69, 9.17) is 9.47 Å². The molecule has 2 amide bonds. The first-order valence-electron chi connectivity index (χ1n) is 11.4. The summed E-state index contributed by atoms with van der Waals surface area (Å²) in [5, 5.41) is 8.77. The lowest BCUT2D eigenvalue weighted by molar-refractivity contribution is -0.132. The van der Waals surface area contributed by atoms with Crippen LogP contribution in [-0.4, -0.2) is 34.9 Å². The van der Waals surface area contributed by atoms with Crippen LogP contribution < -0.4 is 14.8 Å². The van der Waals surface area contributed by atoms with Crippen molar-refractivity contribution in [3.8, 4) is 11.5 Å². The molecule has 7 heteroatoms. The number of nitrogens with one attached hydrogen (secondary N) is 1. The van der Waals surface area contributed by atoms with Gasteiger partial charge in [0, 0.05) is 43.9 Å². The van der Waals surface area contributed by atoms with Crippen molar-refractivity contribution in [2.45, 2.75) is 57.2 Å². The summed E-state index contributed by atoms with van der Waals surface area (Å²) in [4.78, 5) is 24.9. The summed E-state index contributed by atoms with van der Waals surface area (Å²) in [7, 11) is 0. The van der Waals surface area contributed by atoms with Crippen LogP contribution in [-0.2, 0) is 9.59 Å². The maximum Gasteiger partial charge on any atom is 0.251 e. The van der Waals surface area contributed by atoms with E-state index in [0.29, 0.717) is 18.0 Å². The Kier molecular flexibility index (Phi) is 5.55. The molecule has 166 valence electrons. The smallest absolute Gasteiger partial charge is 0.251 e. The van der Waals surface area contributed by atoms with Gasteiger partial charge in [-0.2, -0.15) is 5.10 Å². The Morgan fingerprint density at radius 1 is 0.969 bits per heavy atom. The number of hydrazone groups is 1. The van der Waals surface area contributed by atoms with E-state index < -0.39 is 5.79 Å². The van der Waals surface area contributed by atoms with Crippen molar-refractivity contribution in [1.29, 1.82) is 0 Å². The fraction of sp³-hybridized carbons (Fsp3) is 0.400. The molecular weight excluding hydrogens is 406 g/mol. The van der Waals surface area contributed by atoms with Crippen LogP contribution in [0.25, 0.3) is 0 Å². The predicted molar refractivity (Wildman–Crippen MR) is 121 cm³/mol. The molecule has 1 N–H and O–H groups in total. The van der Waals surface area contributed by atoms with Gasteiger partial charge in [-0.05, 0) is 30.5 Å². The zero-order valence-corrected chi connectivity index (χ0v) is 18.0. The lowest BCUT2D eigenvalue weighted by Gasteiger charge is -2.31. The molecule has 1 spiro atoms. The molecule has 2 aliphatic heterocycles. The highest BCUT2D eigenvalue weighted by Crippen LogP contribution is 2.46. The molecule has 32 heavy (non-hydrogen) atoms. The summed E-state index contributed by atoms with van der Waals surface area (Å²) in [6, 6.07) is 15.3. The summed E-state index contributed by atoms with van der Waals surface area (Å²) in [5.74, 6) is 0.499. The van der Waals surface area contributed by atoms with E-state index in [-0.39, 0.29) is 24.7 Å². The minimum atomic E-state index is -0.537. The predicted octanol–water partition coefficient (Wildman–Crippen LogP) is 4.47. The highest BCUT2D eigenvalue weighted by molar-refractivity contribution is 6.02. The number of fused-ring (bicyclic) bond motifs is 1. The number of rotatable bonds is 5. The Bertz CT molecular complexity index is 1040. The Labute approximate surface area is 187 Å². The molecule has 2 aromatic rings. The van der Waals surface area contributed by atoms with E-state index in [0.717, 1.165) is 49.1 Å². The minimum Gasteiger partial charge on any atom is -0.448 e. The molecule has 1 saturated carbocycles. The Balaban J connectivity index is 1.13. The molecule has 0 saturated heterocycles. The summed E-state index contributed by atoms with van der Waals surface area (Å²) in [6.07, 6.45) is 6.11. The van der Waals surface area contributed by atoms with Gasteiger partial charge >= 0.3 is 0 Å². The van der Waals surface area contributed by atoms with Crippen LogP contribution in [0.3, 0.4) is 0 Å². The molecule has 7 nitrogen and oxygen atoms in total. The molecule has 2 heterocycles. The average molecular weight is 434 g/mol. The molecule has 0 atom stereocenters. The monoisotopic (exact) mass is 433 g/mol. The van der Waals surface area contributed by atoms with E-state index in [1.165, 1.54) is 11.4 Å². The van der Waals surface area contributed by atoms with Gasteiger partial charge in [0.05, 0.1) is 12.3 Å². The Hall–Kier alpha value is -3.35. The number of amides is 2. The highest BCUT2D eigenvalue weighted by Gasteiger charge is 2.42. The van der Waals surface area contributed by atoms with Gasteiger partial charge in [0.15, 0.2) is 11.5 Å². The van der Waals surface area contributed by atoms with E-state index in [9.17, 15) is 9.59 Å². The molecule has 5 rings (SSSR count). The quantitative estimate of drug-likeness (QED) is 0.754. The first-order valence-corrected chi connectivity index (χ1v) is 11.4. The van der Waals surface area contributed by atoms with E-state index in [2.05, 4.69) is 10.4 Å². The number of carbonyl (C=O) groups is 2. The van der Waals surface area contributed by atoms with Gasteiger partial charge in [-0.15, -0.1) is 0 Å². The van der Waals surface area contributed by atoms with E-state index in [1.807, 2.05) is 36.4 Å². The van der Waals surface area contributed by atoms with Crippen LogP contribution in [0, 0.1) is 0 Å². The van der Waals surface area contributed by atoms with Crippen molar-refractivity contribution in [2.75, 3.05) is 11.9 Å². The fourth-order valence-corrected chi connectivity index (χ4v) is 4.51. The molecule has 1 aliphatic carbocycles. The van der Waals surface area contributed by atoms with Crippen LogP contribution >= 0.6 is 0 Å². The maximum absolute atomic E-state index is 12.5. The Morgan fingerprint density at radius 3 is 2.56 bits per heavy atom. The zero-order valence-electron chi connectivity index (χ0n) is 18.0. The van der Waals surface area contributed by atoms with Crippen molar-refractivity contribution in [3.05, 3.63) is 54.1 Å². The second-order valence-electron chi connectivity index (χ2n) is 8.56. The van der Waals surface area contributed by atoms with Crippen molar-refractivity contribution >= 4 is 23.2 Å². The van der Waals surface area contributed by atoms with Crippen molar-refractivity contribution in [1.82, 2.24) is 5.01 Å². The third-order valence-corrected chi connectivity index (χ3v) is 6.20. The summed E-state index contributed by atoms with van der Waals surface area (Å²) < 4.78 is 12.2. The number of carbonyl (C=O) groups excluding carboxylic acids is 2. The molecule has 3 aliphatic rings. The van der Waals surface area contributed by atoms with Crippen LogP contribution in [0.4, 0.5) is 5.69 Å². The molecule has 0 unspecified atom stereocenters. The molecule has 0 aromatic heterocycles. The second kappa shape index (κ2) is 8.65. The van der Waals surface area contributed by atoms with E-state index in [1.54, 1.807) is 12.1 Å². The number of hydrogen-bond donors (Lipinski definition) is 1. The maximum atomic E-state index is 12.5. The third-order valence-electron chi connectivity index (χ3n) is 6.20. The zero-order chi connectivity index (χ0) is 22.0. The summed E-state index contributed by atoms with van der Waals surface area (Å²) in [6.45, 7) is 0.550. The fourth-order valence-electron chi connectivity index (χ4n) is 4.51. The van der Waals surface area contributed by atoms with Gasteiger partial charge in [0.2, 0.25) is 11.8 Å². The van der Waals surface area contributed by atoms with Gasteiger partial charge in [0.1, 0.15) is 0 Å². The van der Waals surface area contributed by atoms with Gasteiger partial charge in [-0.25, -0.2) is 5.01 Å². The van der Waals surface area contributed by atoms with Crippen LogP contribution in [0.15, 0.2) is 53.6 Å². The molecule has 0 radical (unpaired) electrons. The van der Waals surface area contributed by atoms with Crippen LogP contribution in [0.2, 0.25) is 0 Å². The van der Waals surface area contributed by atoms with Crippen LogP contribution in [0.1, 0.15) is 56.9 Å². The third kappa shape index (κ3) is 4.33.